The van der Waals surface area contributed by atoms with Gasteiger partial charge in [0.15, 0.2) is 12.3 Å². The molecule has 0 saturated carbocycles. The quantitative estimate of drug-likeness (QED) is 0.207. The number of hydrogen-bond acceptors (Lipinski definition) is 8. The Morgan fingerprint density at radius 2 is 1.43 bits per heavy atom. The van der Waals surface area contributed by atoms with Crippen molar-refractivity contribution in [3.63, 3.8) is 0 Å². The molecular weight excluding hydrogens is 663 g/mol. The number of nitrogens with zero attached hydrogens (tertiary/aromatic N) is 1. The molecular formula is C29H25IN2O6S2. The van der Waals surface area contributed by atoms with E-state index in [-0.39, 0.29) is 32.0 Å². The summed E-state index contributed by atoms with van der Waals surface area (Å²) in [6, 6.07) is 27.4. The zero-order chi connectivity index (χ0) is 28.7. The second kappa shape index (κ2) is 13.2. The van der Waals surface area contributed by atoms with E-state index >= 15 is 0 Å². The standard InChI is InChI=1S/C22H17IN2O3S.C7H8O3S/c1-27-17-9-7-16(8-10-17)23-15-5-3-14(4-6-15)21(26)25-22-24-19-12-11-18(28-2)13-20(19)29-22;1-6-2-4-7(5-3-6)11(8,9)10/h3-13H,1-2H3;2-5H,1H3,(H,8,9,10). The predicted octanol–water partition coefficient (Wildman–Crippen LogP) is 2.59. The molecule has 1 aromatic heterocycles. The van der Waals surface area contributed by atoms with Gasteiger partial charge < -0.3 is 14.0 Å². The van der Waals surface area contributed by atoms with Crippen LogP contribution in [0.15, 0.2) is 95.9 Å². The van der Waals surface area contributed by atoms with Crippen LogP contribution in [0.5, 0.6) is 11.5 Å². The highest BCUT2D eigenvalue weighted by atomic mass is 127. The number of halogens is 1. The summed E-state index contributed by atoms with van der Waals surface area (Å²) in [4.78, 5) is 16.9. The van der Waals surface area contributed by atoms with Crippen LogP contribution in [-0.4, -0.2) is 38.1 Å². The second-order valence-electron chi connectivity index (χ2n) is 8.33. The van der Waals surface area contributed by atoms with Gasteiger partial charge in [0.25, 0.3) is 5.91 Å². The fourth-order valence-corrected chi connectivity index (χ4v) is 6.90. The largest absolute Gasteiger partial charge is 0.744 e. The van der Waals surface area contributed by atoms with E-state index in [2.05, 4.69) is 22.4 Å². The van der Waals surface area contributed by atoms with Crippen LogP contribution in [0, 0.1) is 14.1 Å². The van der Waals surface area contributed by atoms with Gasteiger partial charge in [-0.05, 0) is 85.8 Å². The average Bonchev–Trinajstić information content (AvgIpc) is 3.35. The number of rotatable bonds is 7. The number of nitrogens with one attached hydrogen (secondary N) is 1. The molecule has 5 rings (SSSR count). The SMILES string of the molecule is COc1ccc([I+]c2ccc(C(=O)Nc3nc4ccc(OC)cc4s3)cc2)cc1.Cc1ccc(S(=O)(=O)[O-])cc1. The molecule has 206 valence electrons. The topological polar surface area (TPSA) is 118 Å². The molecule has 0 unspecified atom stereocenters. The molecule has 1 N–H and O–H groups in total. The van der Waals surface area contributed by atoms with Crippen molar-refractivity contribution in [2.24, 2.45) is 0 Å². The molecule has 0 atom stereocenters. The van der Waals surface area contributed by atoms with E-state index < -0.39 is 10.1 Å². The van der Waals surface area contributed by atoms with Gasteiger partial charge in [0.1, 0.15) is 21.6 Å². The minimum absolute atomic E-state index is 0.162. The van der Waals surface area contributed by atoms with Crippen molar-refractivity contribution < 1.29 is 48.4 Å². The number of fused-ring (bicyclic) bond motifs is 1. The lowest BCUT2D eigenvalue weighted by molar-refractivity contribution is -0.597. The molecule has 4 aromatic carbocycles. The molecule has 0 aliphatic heterocycles. The third kappa shape index (κ3) is 8.01. The van der Waals surface area contributed by atoms with Crippen LogP contribution in [0.4, 0.5) is 5.13 Å². The Bertz CT molecular complexity index is 1700. The maximum atomic E-state index is 12.6. The van der Waals surface area contributed by atoms with E-state index in [4.69, 9.17) is 9.47 Å². The molecule has 0 fully saturated rings. The molecule has 0 bridgehead atoms. The molecule has 0 spiro atoms. The number of carbonyl (C=O) groups is 1. The highest BCUT2D eigenvalue weighted by Crippen LogP contribution is 2.29. The van der Waals surface area contributed by atoms with Gasteiger partial charge in [0, 0.05) is 5.56 Å². The Kier molecular flexibility index (Phi) is 9.74. The molecule has 40 heavy (non-hydrogen) atoms. The number of thiazole rings is 1. The van der Waals surface area contributed by atoms with Crippen molar-refractivity contribution in [3.8, 4) is 11.5 Å². The number of anilines is 1. The van der Waals surface area contributed by atoms with Gasteiger partial charge in [-0.25, -0.2) is 13.4 Å². The predicted molar refractivity (Wildman–Crippen MR) is 150 cm³/mol. The van der Waals surface area contributed by atoms with E-state index in [9.17, 15) is 17.8 Å². The molecule has 0 radical (unpaired) electrons. The molecule has 0 aliphatic rings. The van der Waals surface area contributed by atoms with Crippen molar-refractivity contribution >= 4 is 42.7 Å². The zero-order valence-electron chi connectivity index (χ0n) is 21.8. The fraction of sp³-hybridized carbons (Fsp3) is 0.103. The van der Waals surface area contributed by atoms with Crippen LogP contribution >= 0.6 is 11.3 Å². The number of aryl methyl sites for hydroxylation is 1. The van der Waals surface area contributed by atoms with Crippen LogP contribution in [0.1, 0.15) is 15.9 Å². The monoisotopic (exact) mass is 688 g/mol. The summed E-state index contributed by atoms with van der Waals surface area (Å²) in [5, 5.41) is 3.47. The molecule has 1 amide bonds. The van der Waals surface area contributed by atoms with Crippen LogP contribution in [-0.2, 0) is 10.1 Å². The Morgan fingerprint density at radius 1 is 0.850 bits per heavy atom. The van der Waals surface area contributed by atoms with Crippen molar-refractivity contribution in [2.45, 2.75) is 11.8 Å². The number of carbonyl (C=O) groups excluding carboxylic acids is 1. The van der Waals surface area contributed by atoms with Crippen molar-refractivity contribution in [2.75, 3.05) is 19.5 Å². The Morgan fingerprint density at radius 3 is 2.00 bits per heavy atom. The number of hydrogen-bond donors (Lipinski definition) is 1. The van der Waals surface area contributed by atoms with Gasteiger partial charge in [-0.3, -0.25) is 10.1 Å². The van der Waals surface area contributed by atoms with Crippen LogP contribution in [0.2, 0.25) is 0 Å². The first-order valence-electron chi connectivity index (χ1n) is 11.8. The normalized spacial score (nSPS) is 10.9. The molecule has 1 heterocycles. The first kappa shape index (κ1) is 29.5. The number of aromatic nitrogens is 1. The van der Waals surface area contributed by atoms with Crippen molar-refractivity contribution in [1.29, 1.82) is 0 Å². The van der Waals surface area contributed by atoms with Gasteiger partial charge in [0.2, 0.25) is 0 Å². The van der Waals surface area contributed by atoms with Crippen LogP contribution in [0.25, 0.3) is 10.2 Å². The van der Waals surface area contributed by atoms with Crippen molar-refractivity contribution in [3.05, 3.63) is 109 Å². The number of ether oxygens (including phenoxy) is 2. The third-order valence-corrected chi connectivity index (χ3v) is 9.97. The summed E-state index contributed by atoms with van der Waals surface area (Å²) >= 11 is 1.13. The lowest BCUT2D eigenvalue weighted by Gasteiger charge is -2.05. The first-order chi connectivity index (χ1) is 19.1. The Hall–Kier alpha value is -3.52. The molecule has 0 aliphatic carbocycles. The highest BCUT2D eigenvalue weighted by Gasteiger charge is 2.17. The van der Waals surface area contributed by atoms with E-state index in [1.54, 1.807) is 26.4 Å². The minimum atomic E-state index is -4.27. The van der Waals surface area contributed by atoms with Gasteiger partial charge in [-0.15, -0.1) is 0 Å². The van der Waals surface area contributed by atoms with Crippen LogP contribution in [0.3, 0.4) is 0 Å². The fourth-order valence-electron chi connectivity index (χ4n) is 3.38. The Labute approximate surface area is 247 Å². The molecule has 8 nitrogen and oxygen atoms in total. The summed E-state index contributed by atoms with van der Waals surface area (Å²) < 4.78 is 45.1. The van der Waals surface area contributed by atoms with Crippen molar-refractivity contribution in [1.82, 2.24) is 4.98 Å². The van der Waals surface area contributed by atoms with Gasteiger partial charge >= 0.3 is 21.2 Å². The molecule has 5 aromatic rings. The lowest BCUT2D eigenvalue weighted by atomic mass is 10.2. The summed E-state index contributed by atoms with van der Waals surface area (Å²) in [6.45, 7) is 1.82. The third-order valence-electron chi connectivity index (χ3n) is 5.50. The number of amides is 1. The summed E-state index contributed by atoms with van der Waals surface area (Å²) in [5.41, 5.74) is 2.38. The molecule has 11 heteroatoms. The zero-order valence-corrected chi connectivity index (χ0v) is 25.5. The highest BCUT2D eigenvalue weighted by molar-refractivity contribution is 7.85. The van der Waals surface area contributed by atoms with Gasteiger partial charge in [-0.1, -0.05) is 29.0 Å². The Balaban J connectivity index is 0.000000283. The summed E-state index contributed by atoms with van der Waals surface area (Å²) in [6.07, 6.45) is 0. The average molecular weight is 689 g/mol. The summed E-state index contributed by atoms with van der Waals surface area (Å²) in [7, 11) is -0.973. The van der Waals surface area contributed by atoms with Gasteiger partial charge in [-0.2, -0.15) is 0 Å². The van der Waals surface area contributed by atoms with E-state index in [0.29, 0.717) is 10.7 Å². The van der Waals surface area contributed by atoms with E-state index in [1.807, 2.05) is 61.5 Å². The minimum Gasteiger partial charge on any atom is -0.744 e. The molecule has 0 saturated heterocycles. The van der Waals surface area contributed by atoms with Gasteiger partial charge in [0.05, 0.1) is 29.3 Å². The maximum Gasteiger partial charge on any atom is 0.357 e. The number of methoxy groups -OCH3 is 2. The van der Waals surface area contributed by atoms with E-state index in [0.717, 1.165) is 27.3 Å². The maximum absolute atomic E-state index is 12.6. The lowest BCUT2D eigenvalue weighted by Crippen LogP contribution is -3.61. The smallest absolute Gasteiger partial charge is 0.357 e. The second-order valence-corrected chi connectivity index (χ2v) is 13.8. The van der Waals surface area contributed by atoms with E-state index in [1.165, 1.54) is 30.6 Å². The first-order valence-corrected chi connectivity index (χ1v) is 16.2. The summed E-state index contributed by atoms with van der Waals surface area (Å²) in [5.74, 6) is 1.47. The number of benzene rings is 4. The van der Waals surface area contributed by atoms with Crippen LogP contribution < -0.4 is 36.0 Å².